The number of nitrogens with two attached hydrogens (primary N) is 1. The molecule has 0 atom stereocenters. The van der Waals surface area contributed by atoms with Gasteiger partial charge in [-0.1, -0.05) is 6.07 Å². The summed E-state index contributed by atoms with van der Waals surface area (Å²) in [6, 6.07) is 9.26. The molecule has 7 heteroatoms. The zero-order valence-electron chi connectivity index (χ0n) is 15.1. The summed E-state index contributed by atoms with van der Waals surface area (Å²) in [6.07, 6.45) is 4.29. The number of ether oxygens (including phenoxy) is 3. The number of aromatic nitrogens is 1. The van der Waals surface area contributed by atoms with Crippen molar-refractivity contribution in [3.8, 4) is 17.4 Å². The van der Waals surface area contributed by atoms with Crippen LogP contribution in [0.15, 0.2) is 41.5 Å². The second-order valence-corrected chi connectivity index (χ2v) is 6.16. The number of pyridine rings is 1. The molecule has 1 aromatic heterocycles. The molecule has 1 aliphatic carbocycles. The Balaban J connectivity index is 1.54. The normalized spacial score (nSPS) is 14.0. The zero-order chi connectivity index (χ0) is 18.4. The maximum atomic E-state index is 5.96. The second kappa shape index (κ2) is 8.42. The number of methoxy groups -OCH3 is 2. The molecule has 1 aliphatic rings. The molecule has 0 aliphatic heterocycles. The molecule has 1 fully saturated rings. The predicted octanol–water partition coefficient (Wildman–Crippen LogP) is 2.81. The van der Waals surface area contributed by atoms with Gasteiger partial charge in [0.25, 0.3) is 0 Å². The van der Waals surface area contributed by atoms with Crippen LogP contribution >= 0.6 is 0 Å². The number of hydrogen-bond acceptors (Lipinski definition) is 5. The fourth-order valence-electron chi connectivity index (χ4n) is 2.36. The van der Waals surface area contributed by atoms with E-state index in [0.717, 1.165) is 17.9 Å². The molecule has 3 rings (SSSR count). The van der Waals surface area contributed by atoms with Crippen molar-refractivity contribution in [1.29, 1.82) is 0 Å². The topological polar surface area (TPSA) is 91.0 Å². The van der Waals surface area contributed by atoms with E-state index in [1.54, 1.807) is 32.5 Å². The summed E-state index contributed by atoms with van der Waals surface area (Å²) < 4.78 is 16.1. The highest BCUT2D eigenvalue weighted by Gasteiger charge is 2.21. The number of hydrogen-bond donors (Lipinski definition) is 2. The van der Waals surface area contributed by atoms with Crippen molar-refractivity contribution in [2.45, 2.75) is 19.4 Å². The summed E-state index contributed by atoms with van der Waals surface area (Å²) >= 11 is 0. The molecule has 138 valence electrons. The van der Waals surface area contributed by atoms with Gasteiger partial charge in [-0.05, 0) is 36.5 Å². The number of nitrogens with zero attached hydrogens (tertiary/aromatic N) is 2. The molecule has 1 aromatic carbocycles. The molecule has 7 nitrogen and oxygen atoms in total. The molecule has 0 amide bonds. The summed E-state index contributed by atoms with van der Waals surface area (Å²) in [5.41, 5.74) is 7.68. The SMILES string of the molecule is COc1ccc(NC(N)=NCc2ccc(OCC3CC3)nc2)cc1OC. The Kier molecular flexibility index (Phi) is 5.78. The van der Waals surface area contributed by atoms with Crippen molar-refractivity contribution in [2.75, 3.05) is 26.1 Å². The van der Waals surface area contributed by atoms with Crippen LogP contribution in [0.25, 0.3) is 0 Å². The number of anilines is 1. The third-order valence-electron chi connectivity index (χ3n) is 4.05. The van der Waals surface area contributed by atoms with E-state index in [0.29, 0.717) is 35.8 Å². The number of benzene rings is 1. The van der Waals surface area contributed by atoms with E-state index in [4.69, 9.17) is 19.9 Å². The minimum Gasteiger partial charge on any atom is -0.493 e. The summed E-state index contributed by atoms with van der Waals surface area (Å²) in [7, 11) is 3.18. The summed E-state index contributed by atoms with van der Waals surface area (Å²) in [5, 5.41) is 3.04. The van der Waals surface area contributed by atoms with Gasteiger partial charge in [0.1, 0.15) is 0 Å². The van der Waals surface area contributed by atoms with Crippen molar-refractivity contribution >= 4 is 11.6 Å². The van der Waals surface area contributed by atoms with E-state index in [1.807, 2.05) is 18.2 Å². The first-order valence-corrected chi connectivity index (χ1v) is 8.54. The summed E-state index contributed by atoms with van der Waals surface area (Å²) in [6.45, 7) is 1.19. The van der Waals surface area contributed by atoms with E-state index >= 15 is 0 Å². The molecular weight excluding hydrogens is 332 g/mol. The Morgan fingerprint density at radius 1 is 1.19 bits per heavy atom. The van der Waals surface area contributed by atoms with Crippen LogP contribution in [0.4, 0.5) is 5.69 Å². The van der Waals surface area contributed by atoms with Gasteiger partial charge in [0.2, 0.25) is 5.88 Å². The van der Waals surface area contributed by atoms with Gasteiger partial charge in [0.05, 0.1) is 27.4 Å². The van der Waals surface area contributed by atoms with Gasteiger partial charge in [-0.25, -0.2) is 9.98 Å². The molecule has 0 saturated heterocycles. The Bertz CT molecular complexity index is 758. The third kappa shape index (κ3) is 5.02. The summed E-state index contributed by atoms with van der Waals surface area (Å²) in [5.74, 6) is 2.95. The molecule has 0 spiro atoms. The highest BCUT2D eigenvalue weighted by molar-refractivity contribution is 5.92. The minimum absolute atomic E-state index is 0.311. The number of nitrogens with one attached hydrogen (secondary N) is 1. The van der Waals surface area contributed by atoms with E-state index in [9.17, 15) is 0 Å². The van der Waals surface area contributed by atoms with Crippen molar-refractivity contribution in [1.82, 2.24) is 4.98 Å². The lowest BCUT2D eigenvalue weighted by Crippen LogP contribution is -2.22. The van der Waals surface area contributed by atoms with Crippen molar-refractivity contribution in [3.05, 3.63) is 42.1 Å². The lowest BCUT2D eigenvalue weighted by molar-refractivity contribution is 0.288. The third-order valence-corrected chi connectivity index (χ3v) is 4.05. The van der Waals surface area contributed by atoms with Gasteiger partial charge in [-0.2, -0.15) is 0 Å². The van der Waals surface area contributed by atoms with Gasteiger partial charge in [-0.3, -0.25) is 0 Å². The number of rotatable bonds is 8. The first-order valence-electron chi connectivity index (χ1n) is 8.54. The van der Waals surface area contributed by atoms with E-state index in [2.05, 4.69) is 15.3 Å². The average Bonchev–Trinajstić information content (AvgIpc) is 3.50. The van der Waals surface area contributed by atoms with Crippen LogP contribution in [0.2, 0.25) is 0 Å². The molecule has 26 heavy (non-hydrogen) atoms. The second-order valence-electron chi connectivity index (χ2n) is 6.16. The fourth-order valence-corrected chi connectivity index (χ4v) is 2.36. The molecule has 3 N–H and O–H groups in total. The van der Waals surface area contributed by atoms with E-state index in [-0.39, 0.29) is 0 Å². The van der Waals surface area contributed by atoms with E-state index < -0.39 is 0 Å². The van der Waals surface area contributed by atoms with Gasteiger partial charge in [0.15, 0.2) is 17.5 Å². The Morgan fingerprint density at radius 2 is 2.00 bits per heavy atom. The molecule has 1 saturated carbocycles. The van der Waals surface area contributed by atoms with Crippen molar-refractivity contribution < 1.29 is 14.2 Å². The summed E-state index contributed by atoms with van der Waals surface area (Å²) in [4.78, 5) is 8.63. The number of aliphatic imine (C=N–C) groups is 1. The molecule has 0 radical (unpaired) electrons. The van der Waals surface area contributed by atoms with Gasteiger partial charge >= 0.3 is 0 Å². The highest BCUT2D eigenvalue weighted by Crippen LogP contribution is 2.30. The largest absolute Gasteiger partial charge is 0.493 e. The van der Waals surface area contributed by atoms with Crippen LogP contribution in [0.1, 0.15) is 18.4 Å². The Morgan fingerprint density at radius 3 is 2.65 bits per heavy atom. The van der Waals surface area contributed by atoms with Gasteiger partial charge < -0.3 is 25.3 Å². The van der Waals surface area contributed by atoms with Crippen LogP contribution in [-0.2, 0) is 6.54 Å². The predicted molar refractivity (Wildman–Crippen MR) is 101 cm³/mol. The zero-order valence-corrected chi connectivity index (χ0v) is 15.1. The lowest BCUT2D eigenvalue weighted by Gasteiger charge is -2.11. The van der Waals surface area contributed by atoms with Crippen molar-refractivity contribution in [3.63, 3.8) is 0 Å². The molecule has 0 unspecified atom stereocenters. The highest BCUT2D eigenvalue weighted by atomic mass is 16.5. The monoisotopic (exact) mass is 356 g/mol. The average molecular weight is 356 g/mol. The van der Waals surface area contributed by atoms with Crippen LogP contribution in [0.3, 0.4) is 0 Å². The van der Waals surface area contributed by atoms with Crippen LogP contribution < -0.4 is 25.3 Å². The maximum Gasteiger partial charge on any atom is 0.213 e. The van der Waals surface area contributed by atoms with Gasteiger partial charge in [0, 0.05) is 24.0 Å². The van der Waals surface area contributed by atoms with Gasteiger partial charge in [-0.15, -0.1) is 0 Å². The first-order chi connectivity index (χ1) is 12.7. The molecule has 1 heterocycles. The quantitative estimate of drug-likeness (QED) is 0.558. The number of guanidine groups is 1. The first kappa shape index (κ1) is 17.8. The lowest BCUT2D eigenvalue weighted by atomic mass is 10.2. The van der Waals surface area contributed by atoms with Crippen molar-refractivity contribution in [2.24, 2.45) is 16.6 Å². The standard InChI is InChI=1S/C19H24N4O3/c1-24-16-7-6-15(9-17(16)25-2)23-19(20)22-11-14-5-8-18(21-10-14)26-12-13-3-4-13/h5-10,13H,3-4,11-12H2,1-2H3,(H3,20,22,23). The van der Waals surface area contributed by atoms with Crippen LogP contribution in [-0.4, -0.2) is 31.8 Å². The van der Waals surface area contributed by atoms with Crippen LogP contribution in [0, 0.1) is 5.92 Å². The minimum atomic E-state index is 0.311. The molecular formula is C19H24N4O3. The smallest absolute Gasteiger partial charge is 0.213 e. The molecule has 0 bridgehead atoms. The maximum absolute atomic E-state index is 5.96. The van der Waals surface area contributed by atoms with Crippen LogP contribution in [0.5, 0.6) is 17.4 Å². The molecule has 2 aromatic rings. The Hall–Kier alpha value is -2.96. The van der Waals surface area contributed by atoms with E-state index in [1.165, 1.54) is 12.8 Å². The fraction of sp³-hybridized carbons (Fsp3) is 0.368. The Labute approximate surface area is 153 Å².